The quantitative estimate of drug-likeness (QED) is 0.860. The van der Waals surface area contributed by atoms with Crippen molar-refractivity contribution in [3.05, 3.63) is 52.5 Å². The maximum Gasteiger partial charge on any atom is 0.260 e. The summed E-state index contributed by atoms with van der Waals surface area (Å²) < 4.78 is 18.7. The number of ether oxygens (including phenoxy) is 1. The lowest BCUT2D eigenvalue weighted by atomic mass is 9.91. The number of thiophene rings is 1. The smallest absolute Gasteiger partial charge is 0.260 e. The van der Waals surface area contributed by atoms with Gasteiger partial charge in [0.1, 0.15) is 0 Å². The van der Waals surface area contributed by atoms with E-state index in [0.717, 1.165) is 25.9 Å². The number of carbonyl (C=O) groups is 1. The molecule has 1 aromatic carbocycles. The molecule has 22 heavy (non-hydrogen) atoms. The Morgan fingerprint density at radius 2 is 2.05 bits per heavy atom. The van der Waals surface area contributed by atoms with E-state index in [9.17, 15) is 9.18 Å². The Labute approximate surface area is 133 Å². The van der Waals surface area contributed by atoms with E-state index in [4.69, 9.17) is 4.74 Å². The highest BCUT2D eigenvalue weighted by atomic mass is 32.1. The van der Waals surface area contributed by atoms with Crippen LogP contribution in [0, 0.1) is 5.82 Å². The Balaban J connectivity index is 1.49. The van der Waals surface area contributed by atoms with Gasteiger partial charge in [-0.05, 0) is 53.3 Å². The summed E-state index contributed by atoms with van der Waals surface area (Å²) in [4.78, 5) is 14.0. The van der Waals surface area contributed by atoms with E-state index in [0.29, 0.717) is 5.92 Å². The van der Waals surface area contributed by atoms with Crippen molar-refractivity contribution in [2.75, 3.05) is 19.7 Å². The maximum absolute atomic E-state index is 13.4. The highest BCUT2D eigenvalue weighted by Gasteiger charge is 2.24. The van der Waals surface area contributed by atoms with Crippen molar-refractivity contribution >= 4 is 17.2 Å². The fraction of sp³-hybridized carbons (Fsp3) is 0.353. The summed E-state index contributed by atoms with van der Waals surface area (Å²) in [6.07, 6.45) is 1.95. The molecule has 1 fully saturated rings. The standard InChI is InChI=1S/C17H18FNO2S/c18-15-3-1-2-4-16(15)21-11-17(20)19-8-5-13(6-9-19)14-7-10-22-12-14/h1-4,7,10,12-13H,5-6,8-9,11H2. The van der Waals surface area contributed by atoms with Crippen molar-refractivity contribution in [3.8, 4) is 5.75 Å². The van der Waals surface area contributed by atoms with Gasteiger partial charge in [0.2, 0.25) is 0 Å². The molecule has 1 aliphatic heterocycles. The summed E-state index contributed by atoms with van der Waals surface area (Å²) in [5.74, 6) is 0.158. The number of benzene rings is 1. The molecule has 0 bridgehead atoms. The lowest BCUT2D eigenvalue weighted by molar-refractivity contribution is -0.134. The summed E-state index contributed by atoms with van der Waals surface area (Å²) in [5.41, 5.74) is 1.37. The predicted molar refractivity (Wildman–Crippen MR) is 84.8 cm³/mol. The maximum atomic E-state index is 13.4. The number of amides is 1. The van der Waals surface area contributed by atoms with Crippen LogP contribution in [0.4, 0.5) is 4.39 Å². The van der Waals surface area contributed by atoms with Crippen molar-refractivity contribution in [1.82, 2.24) is 4.90 Å². The lowest BCUT2D eigenvalue weighted by Gasteiger charge is -2.31. The number of hydrogen-bond donors (Lipinski definition) is 0. The van der Waals surface area contributed by atoms with Gasteiger partial charge >= 0.3 is 0 Å². The van der Waals surface area contributed by atoms with E-state index in [1.54, 1.807) is 23.5 Å². The van der Waals surface area contributed by atoms with Crippen molar-refractivity contribution < 1.29 is 13.9 Å². The second-order valence-electron chi connectivity index (χ2n) is 5.43. The van der Waals surface area contributed by atoms with E-state index < -0.39 is 5.82 Å². The molecule has 2 heterocycles. The number of nitrogens with zero attached hydrogens (tertiary/aromatic N) is 1. The van der Waals surface area contributed by atoms with Crippen molar-refractivity contribution in [2.24, 2.45) is 0 Å². The highest BCUT2D eigenvalue weighted by Crippen LogP contribution is 2.29. The zero-order chi connectivity index (χ0) is 15.4. The molecule has 0 N–H and O–H groups in total. The van der Waals surface area contributed by atoms with E-state index in [1.165, 1.54) is 17.7 Å². The van der Waals surface area contributed by atoms with Gasteiger partial charge in [0.25, 0.3) is 5.91 Å². The Morgan fingerprint density at radius 3 is 2.73 bits per heavy atom. The summed E-state index contributed by atoms with van der Waals surface area (Å²) in [5, 5.41) is 4.28. The second kappa shape index (κ2) is 6.92. The minimum absolute atomic E-state index is 0.0768. The van der Waals surface area contributed by atoms with Gasteiger partial charge in [0.15, 0.2) is 18.2 Å². The third-order valence-corrected chi connectivity index (χ3v) is 4.75. The summed E-state index contributed by atoms with van der Waals surface area (Å²) >= 11 is 1.71. The van der Waals surface area contributed by atoms with E-state index >= 15 is 0 Å². The molecule has 0 unspecified atom stereocenters. The SMILES string of the molecule is O=C(COc1ccccc1F)N1CCC(c2ccsc2)CC1. The van der Waals surface area contributed by atoms with Gasteiger partial charge in [-0.1, -0.05) is 12.1 Å². The predicted octanol–water partition coefficient (Wildman–Crippen LogP) is 3.67. The van der Waals surface area contributed by atoms with Crippen LogP contribution in [0.5, 0.6) is 5.75 Å². The summed E-state index contributed by atoms with van der Waals surface area (Å²) in [7, 11) is 0. The largest absolute Gasteiger partial charge is 0.481 e. The van der Waals surface area contributed by atoms with Crippen LogP contribution in [0.2, 0.25) is 0 Å². The summed E-state index contributed by atoms with van der Waals surface area (Å²) in [6, 6.07) is 8.31. The van der Waals surface area contributed by atoms with Gasteiger partial charge in [-0.25, -0.2) is 4.39 Å². The van der Waals surface area contributed by atoms with Gasteiger partial charge in [-0.3, -0.25) is 4.79 Å². The van der Waals surface area contributed by atoms with Crippen LogP contribution in [0.15, 0.2) is 41.1 Å². The molecule has 1 amide bonds. The fourth-order valence-corrected chi connectivity index (χ4v) is 3.50. The van der Waals surface area contributed by atoms with Gasteiger partial charge in [-0.2, -0.15) is 11.3 Å². The molecule has 0 atom stereocenters. The fourth-order valence-electron chi connectivity index (χ4n) is 2.76. The van der Waals surface area contributed by atoms with Crippen LogP contribution < -0.4 is 4.74 Å². The third kappa shape index (κ3) is 3.47. The average Bonchev–Trinajstić information content (AvgIpc) is 3.08. The Kier molecular flexibility index (Phi) is 4.73. The lowest BCUT2D eigenvalue weighted by Crippen LogP contribution is -2.40. The first kappa shape index (κ1) is 15.0. The molecule has 116 valence electrons. The van der Waals surface area contributed by atoms with Crippen LogP contribution in [0.25, 0.3) is 0 Å². The second-order valence-corrected chi connectivity index (χ2v) is 6.21. The minimum Gasteiger partial charge on any atom is -0.481 e. The Bertz CT molecular complexity index is 621. The Hall–Kier alpha value is -1.88. The molecule has 0 saturated carbocycles. The molecule has 3 nitrogen and oxygen atoms in total. The van der Waals surface area contributed by atoms with Crippen LogP contribution in [-0.2, 0) is 4.79 Å². The molecule has 5 heteroatoms. The summed E-state index contributed by atoms with van der Waals surface area (Å²) in [6.45, 7) is 1.37. The molecular weight excluding hydrogens is 301 g/mol. The first-order valence-electron chi connectivity index (χ1n) is 7.41. The molecule has 0 aliphatic carbocycles. The number of piperidine rings is 1. The van der Waals surface area contributed by atoms with Crippen LogP contribution in [0.3, 0.4) is 0 Å². The number of para-hydroxylation sites is 1. The van der Waals surface area contributed by atoms with Crippen LogP contribution >= 0.6 is 11.3 Å². The van der Waals surface area contributed by atoms with Gasteiger partial charge in [-0.15, -0.1) is 0 Å². The topological polar surface area (TPSA) is 29.5 Å². The number of halogens is 1. The molecule has 0 radical (unpaired) electrons. The minimum atomic E-state index is -0.438. The average molecular weight is 319 g/mol. The number of hydrogen-bond acceptors (Lipinski definition) is 3. The molecule has 3 rings (SSSR count). The van der Waals surface area contributed by atoms with Crippen molar-refractivity contribution in [2.45, 2.75) is 18.8 Å². The first-order chi connectivity index (χ1) is 10.7. The van der Waals surface area contributed by atoms with Crippen LogP contribution in [0.1, 0.15) is 24.3 Å². The van der Waals surface area contributed by atoms with Crippen LogP contribution in [-0.4, -0.2) is 30.5 Å². The normalized spacial score (nSPS) is 15.8. The number of carbonyl (C=O) groups excluding carboxylic acids is 1. The monoisotopic (exact) mass is 319 g/mol. The number of rotatable bonds is 4. The molecular formula is C17H18FNO2S. The Morgan fingerprint density at radius 1 is 1.27 bits per heavy atom. The van der Waals surface area contributed by atoms with Crippen molar-refractivity contribution in [3.63, 3.8) is 0 Å². The highest BCUT2D eigenvalue weighted by molar-refractivity contribution is 7.07. The van der Waals surface area contributed by atoms with E-state index in [-0.39, 0.29) is 18.3 Å². The van der Waals surface area contributed by atoms with Gasteiger partial charge in [0.05, 0.1) is 0 Å². The van der Waals surface area contributed by atoms with Gasteiger partial charge < -0.3 is 9.64 Å². The van der Waals surface area contributed by atoms with Gasteiger partial charge in [0, 0.05) is 13.1 Å². The molecule has 1 aromatic heterocycles. The molecule has 2 aromatic rings. The molecule has 1 aliphatic rings. The molecule has 0 spiro atoms. The first-order valence-corrected chi connectivity index (χ1v) is 8.35. The third-order valence-electron chi connectivity index (χ3n) is 4.05. The molecule has 1 saturated heterocycles. The zero-order valence-electron chi connectivity index (χ0n) is 12.2. The zero-order valence-corrected chi connectivity index (χ0v) is 13.0. The van der Waals surface area contributed by atoms with Crippen molar-refractivity contribution in [1.29, 1.82) is 0 Å². The van der Waals surface area contributed by atoms with E-state index in [2.05, 4.69) is 16.8 Å². The van der Waals surface area contributed by atoms with E-state index in [1.807, 2.05) is 4.90 Å². The number of likely N-dealkylation sites (tertiary alicyclic amines) is 1.